The van der Waals surface area contributed by atoms with Crippen molar-refractivity contribution in [1.82, 2.24) is 0 Å². The highest BCUT2D eigenvalue weighted by atomic mass is 127. The summed E-state index contributed by atoms with van der Waals surface area (Å²) in [5.41, 5.74) is -2.36. The van der Waals surface area contributed by atoms with E-state index in [1.165, 1.54) is 24.6 Å². The molecule has 3 nitrogen and oxygen atoms in total. The highest BCUT2D eigenvalue weighted by molar-refractivity contribution is 14.1. The van der Waals surface area contributed by atoms with Crippen LogP contribution < -0.4 is 4.74 Å². The Labute approximate surface area is 135 Å². The van der Waals surface area contributed by atoms with E-state index in [1.807, 2.05) is 0 Å². The van der Waals surface area contributed by atoms with Gasteiger partial charge in [0, 0.05) is 5.56 Å². The van der Waals surface area contributed by atoms with Crippen molar-refractivity contribution in [2.75, 3.05) is 11.0 Å². The van der Waals surface area contributed by atoms with Gasteiger partial charge in [-0.25, -0.2) is 0 Å². The van der Waals surface area contributed by atoms with Gasteiger partial charge in [-0.3, -0.25) is 0 Å². The summed E-state index contributed by atoms with van der Waals surface area (Å²) in [5, 5.41) is 6.38. The van der Waals surface area contributed by atoms with Crippen LogP contribution in [-0.4, -0.2) is 17.2 Å². The van der Waals surface area contributed by atoms with Gasteiger partial charge in [0.1, 0.15) is 5.75 Å². The molecule has 0 radical (unpaired) electrons. The van der Waals surface area contributed by atoms with E-state index >= 15 is 0 Å². The Kier molecular flexibility index (Phi) is 5.45. The maximum Gasteiger partial charge on any atom is 0.442 e. The van der Waals surface area contributed by atoms with Crippen LogP contribution >= 0.6 is 22.6 Å². The van der Waals surface area contributed by atoms with Gasteiger partial charge in [-0.15, -0.1) is 10.2 Å². The van der Waals surface area contributed by atoms with Gasteiger partial charge >= 0.3 is 11.8 Å². The second-order valence-electron chi connectivity index (χ2n) is 4.85. The molecule has 1 aliphatic rings. The largest absolute Gasteiger partial charge is 0.494 e. The normalized spacial score (nSPS) is 16.0. The molecule has 0 saturated heterocycles. The molecule has 0 atom stereocenters. The zero-order valence-electron chi connectivity index (χ0n) is 11.4. The Morgan fingerprint density at radius 1 is 1.10 bits per heavy atom. The molecular formula is C14H16F3IN2O. The summed E-state index contributed by atoms with van der Waals surface area (Å²) < 4.78 is 45.4. The summed E-state index contributed by atoms with van der Waals surface area (Å²) in [5.74, 6) is 0.433. The molecule has 7 heteroatoms. The molecule has 0 aromatic heterocycles. The second kappa shape index (κ2) is 6.93. The molecule has 1 aromatic carbocycles. The molecule has 0 N–H and O–H groups in total. The molecular weight excluding hydrogens is 396 g/mol. The van der Waals surface area contributed by atoms with Crippen molar-refractivity contribution in [3.8, 4) is 5.75 Å². The zero-order valence-corrected chi connectivity index (χ0v) is 13.5. The molecule has 116 valence electrons. The lowest BCUT2D eigenvalue weighted by Crippen LogP contribution is -2.30. The molecule has 1 aliphatic heterocycles. The van der Waals surface area contributed by atoms with Crippen LogP contribution in [-0.2, 0) is 5.66 Å². The van der Waals surface area contributed by atoms with Crippen LogP contribution in [0.5, 0.6) is 5.75 Å². The van der Waals surface area contributed by atoms with Gasteiger partial charge < -0.3 is 4.74 Å². The first-order chi connectivity index (χ1) is 9.99. The average Bonchev–Trinajstić information content (AvgIpc) is 3.24. The number of benzene rings is 1. The Bertz CT molecular complexity index is 499. The van der Waals surface area contributed by atoms with Crippen LogP contribution in [0.4, 0.5) is 13.2 Å². The van der Waals surface area contributed by atoms with Crippen molar-refractivity contribution in [2.45, 2.75) is 37.5 Å². The van der Waals surface area contributed by atoms with Gasteiger partial charge in [0.2, 0.25) is 0 Å². The van der Waals surface area contributed by atoms with Crippen LogP contribution in [0.2, 0.25) is 0 Å². The van der Waals surface area contributed by atoms with Crippen molar-refractivity contribution < 1.29 is 17.9 Å². The third kappa shape index (κ3) is 4.08. The molecule has 2 rings (SSSR count). The van der Waals surface area contributed by atoms with Crippen LogP contribution in [0, 0.1) is 0 Å². The number of unbranched alkanes of at least 4 members (excludes halogenated alkanes) is 3. The lowest BCUT2D eigenvalue weighted by atomic mass is 10.0. The number of ether oxygens (including phenoxy) is 1. The first-order valence-electron chi connectivity index (χ1n) is 6.80. The summed E-state index contributed by atoms with van der Waals surface area (Å²) in [6.07, 6.45) is -0.181. The number of alkyl halides is 4. The molecule has 0 amide bonds. The van der Waals surface area contributed by atoms with E-state index in [9.17, 15) is 13.2 Å². The van der Waals surface area contributed by atoms with Crippen molar-refractivity contribution in [2.24, 2.45) is 10.2 Å². The van der Waals surface area contributed by atoms with Crippen LogP contribution in [0.1, 0.15) is 31.2 Å². The fourth-order valence-corrected chi connectivity index (χ4v) is 2.52. The molecule has 1 heterocycles. The lowest BCUT2D eigenvalue weighted by Gasteiger charge is -2.15. The monoisotopic (exact) mass is 412 g/mol. The minimum Gasteiger partial charge on any atom is -0.494 e. The number of nitrogens with zero attached hydrogens (tertiary/aromatic N) is 2. The summed E-state index contributed by atoms with van der Waals surface area (Å²) in [7, 11) is 0. The SMILES string of the molecule is FC(F)(F)C1(c2cccc(OCCCCCCI)c2)N=N1. The van der Waals surface area contributed by atoms with Crippen LogP contribution in [0.15, 0.2) is 34.5 Å². The lowest BCUT2D eigenvalue weighted by molar-refractivity contribution is -0.166. The molecule has 0 saturated carbocycles. The topological polar surface area (TPSA) is 34.0 Å². The van der Waals surface area contributed by atoms with Gasteiger partial charge in [0.15, 0.2) is 0 Å². The van der Waals surface area contributed by atoms with Crippen LogP contribution in [0.25, 0.3) is 0 Å². The molecule has 0 aliphatic carbocycles. The molecule has 0 bridgehead atoms. The van der Waals surface area contributed by atoms with E-state index < -0.39 is 11.8 Å². The molecule has 0 unspecified atom stereocenters. The minimum absolute atomic E-state index is 0.0115. The highest BCUT2D eigenvalue weighted by Crippen LogP contribution is 2.52. The quantitative estimate of drug-likeness (QED) is 0.327. The smallest absolute Gasteiger partial charge is 0.442 e. The molecule has 21 heavy (non-hydrogen) atoms. The van der Waals surface area contributed by atoms with Gasteiger partial charge in [-0.1, -0.05) is 47.6 Å². The van der Waals surface area contributed by atoms with Crippen LogP contribution in [0.3, 0.4) is 0 Å². The van der Waals surface area contributed by atoms with Gasteiger partial charge in [0.05, 0.1) is 6.61 Å². The van der Waals surface area contributed by atoms with Gasteiger partial charge in [-0.05, 0) is 29.4 Å². The van der Waals surface area contributed by atoms with Crippen molar-refractivity contribution in [1.29, 1.82) is 0 Å². The Morgan fingerprint density at radius 3 is 2.43 bits per heavy atom. The zero-order chi connectivity index (χ0) is 15.3. The number of hydrogen-bond donors (Lipinski definition) is 0. The van der Waals surface area contributed by atoms with E-state index in [0.717, 1.165) is 23.7 Å². The summed E-state index contributed by atoms with van der Waals surface area (Å²) in [4.78, 5) is 0. The second-order valence-corrected chi connectivity index (χ2v) is 5.93. The summed E-state index contributed by atoms with van der Waals surface area (Å²) >= 11 is 2.34. The van der Waals surface area contributed by atoms with Crippen molar-refractivity contribution in [3.63, 3.8) is 0 Å². The van der Waals surface area contributed by atoms with E-state index in [4.69, 9.17) is 4.74 Å². The van der Waals surface area contributed by atoms with E-state index in [-0.39, 0.29) is 5.56 Å². The van der Waals surface area contributed by atoms with E-state index in [0.29, 0.717) is 12.4 Å². The number of hydrogen-bond acceptors (Lipinski definition) is 3. The molecule has 1 aromatic rings. The van der Waals surface area contributed by atoms with Crippen molar-refractivity contribution in [3.05, 3.63) is 29.8 Å². The Balaban J connectivity index is 1.88. The third-order valence-corrected chi connectivity index (χ3v) is 3.99. The predicted molar refractivity (Wildman–Crippen MR) is 81.9 cm³/mol. The van der Waals surface area contributed by atoms with Gasteiger partial charge in [0.25, 0.3) is 0 Å². The first kappa shape index (κ1) is 16.5. The average molecular weight is 412 g/mol. The maximum absolute atomic E-state index is 12.9. The number of rotatable bonds is 8. The summed E-state index contributed by atoms with van der Waals surface area (Å²) in [6.45, 7) is 0.512. The first-order valence-corrected chi connectivity index (χ1v) is 8.32. The predicted octanol–water partition coefficient (Wildman–Crippen LogP) is 5.24. The molecule has 0 fully saturated rings. The fraction of sp³-hybridized carbons (Fsp3) is 0.571. The summed E-state index contributed by atoms with van der Waals surface area (Å²) in [6, 6.07) is 5.94. The van der Waals surface area contributed by atoms with Crippen molar-refractivity contribution >= 4 is 22.6 Å². The maximum atomic E-state index is 12.9. The fourth-order valence-electron chi connectivity index (χ4n) is 1.99. The third-order valence-electron chi connectivity index (χ3n) is 3.23. The minimum atomic E-state index is -4.49. The van der Waals surface area contributed by atoms with E-state index in [1.54, 1.807) is 6.07 Å². The molecule has 0 spiro atoms. The Hall–Kier alpha value is -0.860. The van der Waals surface area contributed by atoms with E-state index in [2.05, 4.69) is 32.8 Å². The number of halogens is 4. The highest BCUT2D eigenvalue weighted by Gasteiger charge is 2.65. The van der Waals surface area contributed by atoms with Gasteiger partial charge in [-0.2, -0.15) is 13.2 Å². The Morgan fingerprint density at radius 2 is 1.81 bits per heavy atom. The standard InChI is InChI=1S/C14H16F3IN2O/c15-14(16,17)13(19-20-13)11-6-5-7-12(10-11)21-9-4-2-1-3-8-18/h5-7,10H,1-4,8-9H2.